The van der Waals surface area contributed by atoms with Crippen molar-refractivity contribution in [3.05, 3.63) is 35.4 Å². The van der Waals surface area contributed by atoms with Gasteiger partial charge in [0.15, 0.2) is 0 Å². The van der Waals surface area contributed by atoms with Crippen LogP contribution in [0.1, 0.15) is 36.8 Å². The number of ether oxygens (including phenoxy) is 3. The van der Waals surface area contributed by atoms with Crippen molar-refractivity contribution in [1.82, 2.24) is 0 Å². The van der Waals surface area contributed by atoms with Gasteiger partial charge < -0.3 is 14.2 Å². The molecule has 5 fully saturated rings. The molecule has 6 aliphatic rings. The Kier molecular flexibility index (Phi) is 1.39. The highest BCUT2D eigenvalue weighted by Crippen LogP contribution is 2.81. The Labute approximate surface area is 123 Å². The third-order valence-corrected chi connectivity index (χ3v) is 7.33. The minimum Gasteiger partial charge on any atom is -0.366 e. The minimum absolute atomic E-state index is 0.00648. The van der Waals surface area contributed by atoms with E-state index >= 15 is 0 Å². The van der Waals surface area contributed by atoms with E-state index in [9.17, 15) is 0 Å². The Bertz CT molecular complexity index is 661. The predicted octanol–water partition coefficient (Wildman–Crippen LogP) is 2.21. The summed E-state index contributed by atoms with van der Waals surface area (Å²) in [6.07, 6.45) is 1.64. The van der Waals surface area contributed by atoms with Crippen LogP contribution < -0.4 is 0 Å². The van der Waals surface area contributed by atoms with Crippen LogP contribution >= 0.6 is 0 Å². The van der Waals surface area contributed by atoms with Gasteiger partial charge in [-0.15, -0.1) is 0 Å². The van der Waals surface area contributed by atoms with Crippen LogP contribution in [0.4, 0.5) is 0 Å². The maximum atomic E-state index is 6.44. The normalized spacial score (nSPS) is 61.8. The molecule has 1 aromatic rings. The Hall–Kier alpha value is -0.900. The first-order chi connectivity index (χ1) is 10.2. The molecule has 3 nitrogen and oxygen atoms in total. The molecule has 3 heterocycles. The molecule has 3 aliphatic heterocycles. The van der Waals surface area contributed by atoms with Gasteiger partial charge in [0.2, 0.25) is 0 Å². The molecule has 2 saturated carbocycles. The van der Waals surface area contributed by atoms with Gasteiger partial charge in [-0.2, -0.15) is 0 Å². The van der Waals surface area contributed by atoms with E-state index < -0.39 is 0 Å². The van der Waals surface area contributed by atoms with Crippen LogP contribution in [-0.2, 0) is 14.2 Å². The van der Waals surface area contributed by atoms with Crippen molar-refractivity contribution in [3.8, 4) is 0 Å². The topological polar surface area (TPSA) is 37.6 Å². The second-order valence-electron chi connectivity index (χ2n) is 8.28. The summed E-state index contributed by atoms with van der Waals surface area (Å²) in [7, 11) is 0. The number of fused-ring (bicyclic) bond motifs is 11. The zero-order valence-corrected chi connectivity index (χ0v) is 12.2. The van der Waals surface area contributed by atoms with Gasteiger partial charge in [-0.25, -0.2) is 0 Å². The average molecular weight is 282 g/mol. The maximum Gasteiger partial charge on any atom is 0.113 e. The van der Waals surface area contributed by atoms with Gasteiger partial charge in [0.25, 0.3) is 0 Å². The fraction of sp³-hybridized carbons (Fsp3) is 0.667. The summed E-state index contributed by atoms with van der Waals surface area (Å²) in [5.74, 6) is 2.25. The largest absolute Gasteiger partial charge is 0.366 e. The highest BCUT2D eigenvalue weighted by molar-refractivity contribution is 5.56. The summed E-state index contributed by atoms with van der Waals surface area (Å²) in [5, 5.41) is 0. The fourth-order valence-corrected chi connectivity index (χ4v) is 6.67. The summed E-state index contributed by atoms with van der Waals surface area (Å²) in [6, 6.07) is 9.02. The van der Waals surface area contributed by atoms with E-state index in [4.69, 9.17) is 14.2 Å². The predicted molar refractivity (Wildman–Crippen MR) is 74.1 cm³/mol. The number of rotatable bonds is 0. The van der Waals surface area contributed by atoms with E-state index in [0.29, 0.717) is 48.1 Å². The molecule has 0 aromatic heterocycles. The number of epoxide rings is 3. The van der Waals surface area contributed by atoms with Crippen LogP contribution in [0.25, 0.3) is 0 Å². The number of hydrogen-bond acceptors (Lipinski definition) is 3. The van der Waals surface area contributed by atoms with Crippen LogP contribution in [0.5, 0.6) is 0 Å². The Balaban J connectivity index is 1.51. The minimum atomic E-state index is -0.00648. The quantitative estimate of drug-likeness (QED) is 0.685. The number of benzene rings is 1. The molecular weight excluding hydrogens is 264 g/mol. The van der Waals surface area contributed by atoms with Gasteiger partial charge in [-0.3, -0.25) is 0 Å². The van der Waals surface area contributed by atoms with Crippen LogP contribution in [0.3, 0.4) is 0 Å². The zero-order chi connectivity index (χ0) is 13.7. The highest BCUT2D eigenvalue weighted by atomic mass is 16.7. The van der Waals surface area contributed by atoms with Crippen molar-refractivity contribution >= 4 is 0 Å². The summed E-state index contributed by atoms with van der Waals surface area (Å²) in [5.41, 5.74) is 3.07. The van der Waals surface area contributed by atoms with Gasteiger partial charge in [-0.1, -0.05) is 24.3 Å². The molecule has 0 N–H and O–H groups in total. The van der Waals surface area contributed by atoms with Crippen molar-refractivity contribution in [2.75, 3.05) is 0 Å². The van der Waals surface area contributed by atoms with E-state index in [0.717, 1.165) is 0 Å². The van der Waals surface area contributed by atoms with Crippen molar-refractivity contribution in [1.29, 1.82) is 0 Å². The van der Waals surface area contributed by atoms with E-state index in [1.54, 1.807) is 0 Å². The molecule has 3 saturated heterocycles. The molecule has 0 radical (unpaired) electrons. The summed E-state index contributed by atoms with van der Waals surface area (Å²) < 4.78 is 18.5. The molecule has 0 amide bonds. The molecule has 2 bridgehead atoms. The smallest absolute Gasteiger partial charge is 0.113 e. The average Bonchev–Trinajstić information content (AvgIpc) is 3.34. The van der Waals surface area contributed by atoms with Crippen LogP contribution in [-0.4, -0.2) is 35.6 Å². The van der Waals surface area contributed by atoms with Crippen LogP contribution in [0, 0.1) is 11.8 Å². The molecular formula is C18H18O3. The Morgan fingerprint density at radius 3 is 1.71 bits per heavy atom. The van der Waals surface area contributed by atoms with Gasteiger partial charge in [-0.05, 0) is 25.0 Å². The lowest BCUT2D eigenvalue weighted by Crippen LogP contribution is -2.36. The van der Waals surface area contributed by atoms with Gasteiger partial charge >= 0.3 is 0 Å². The second kappa shape index (κ2) is 2.70. The first-order valence-corrected chi connectivity index (χ1v) is 8.25. The summed E-state index contributed by atoms with van der Waals surface area (Å²) in [6.45, 7) is 4.54. The third kappa shape index (κ3) is 0.893. The highest BCUT2D eigenvalue weighted by Gasteiger charge is 2.87. The van der Waals surface area contributed by atoms with Crippen molar-refractivity contribution < 1.29 is 14.2 Å². The molecule has 7 rings (SSSR count). The van der Waals surface area contributed by atoms with Crippen molar-refractivity contribution in [2.45, 2.75) is 61.3 Å². The van der Waals surface area contributed by atoms with Gasteiger partial charge in [0.1, 0.15) is 17.8 Å². The number of hydrogen-bond donors (Lipinski definition) is 0. The van der Waals surface area contributed by atoms with E-state index in [1.165, 1.54) is 11.1 Å². The van der Waals surface area contributed by atoms with Crippen molar-refractivity contribution in [2.24, 2.45) is 11.8 Å². The van der Waals surface area contributed by atoms with Crippen LogP contribution in [0.15, 0.2) is 24.3 Å². The van der Waals surface area contributed by atoms with E-state index in [1.807, 2.05) is 0 Å². The molecule has 1 unspecified atom stereocenters. The first-order valence-electron chi connectivity index (χ1n) is 8.25. The van der Waals surface area contributed by atoms with Crippen LogP contribution in [0.2, 0.25) is 0 Å². The summed E-state index contributed by atoms with van der Waals surface area (Å²) >= 11 is 0. The molecule has 108 valence electrons. The third-order valence-electron chi connectivity index (χ3n) is 7.33. The maximum absolute atomic E-state index is 6.44. The molecule has 3 heteroatoms. The molecule has 1 spiro atoms. The second-order valence-corrected chi connectivity index (χ2v) is 8.28. The molecule has 21 heavy (non-hydrogen) atoms. The van der Waals surface area contributed by atoms with Gasteiger partial charge in [0, 0.05) is 23.7 Å². The fourth-order valence-electron chi connectivity index (χ4n) is 6.67. The van der Waals surface area contributed by atoms with E-state index in [2.05, 4.69) is 38.1 Å². The lowest BCUT2D eigenvalue weighted by molar-refractivity contribution is 0.195. The van der Waals surface area contributed by atoms with Crippen molar-refractivity contribution in [3.63, 3.8) is 0 Å². The Morgan fingerprint density at radius 1 is 0.810 bits per heavy atom. The first kappa shape index (κ1) is 10.8. The zero-order valence-electron chi connectivity index (χ0n) is 12.2. The molecule has 9 atom stereocenters. The van der Waals surface area contributed by atoms with Gasteiger partial charge in [0.05, 0.1) is 17.8 Å². The van der Waals surface area contributed by atoms with E-state index in [-0.39, 0.29) is 11.2 Å². The SMILES string of the molecule is CC1(C)OC12[C@@H]1c3ccccc3[C@H]2[C@H]2[C@H]3O[C@H]3[C@H]3O[C@H]3[C@@H]21. The molecule has 1 aromatic carbocycles. The standard InChI is InChI=1S/C18H18O3/c1-17(2)18(21-17)11-7-5-3-4-6-8(7)12(18)10-9(11)13-15(19-13)16-14(10)20-16/h3-6,9-16H,1-2H3/t9-,10-,11-,12+,13+,14-,15+,16-,18?/m0/s1. The molecule has 3 aliphatic carbocycles. The lowest BCUT2D eigenvalue weighted by Gasteiger charge is -2.31. The lowest BCUT2D eigenvalue weighted by atomic mass is 9.69. The monoisotopic (exact) mass is 282 g/mol. The summed E-state index contributed by atoms with van der Waals surface area (Å²) in [4.78, 5) is 0. The Morgan fingerprint density at radius 2 is 1.29 bits per heavy atom.